The molecule has 0 radical (unpaired) electrons. The van der Waals surface area contributed by atoms with Crippen LogP contribution in [0.3, 0.4) is 0 Å². The molecule has 0 atom stereocenters. The van der Waals surface area contributed by atoms with Crippen molar-refractivity contribution in [2.75, 3.05) is 0 Å². The highest BCUT2D eigenvalue weighted by atomic mass is 19.2. The van der Waals surface area contributed by atoms with Gasteiger partial charge in [0.05, 0.1) is 5.41 Å². The number of hydrogen-bond acceptors (Lipinski definition) is 1. The van der Waals surface area contributed by atoms with Crippen LogP contribution in [0.25, 0.3) is 0 Å². The van der Waals surface area contributed by atoms with Gasteiger partial charge in [-0.15, -0.1) is 0 Å². The van der Waals surface area contributed by atoms with E-state index in [-0.39, 0.29) is 12.5 Å². The van der Waals surface area contributed by atoms with E-state index in [1.165, 1.54) is 6.07 Å². The third-order valence-electron chi connectivity index (χ3n) is 4.91. The average molecular weight is 329 g/mol. The van der Waals surface area contributed by atoms with Gasteiger partial charge in [0, 0.05) is 6.54 Å². The lowest BCUT2D eigenvalue weighted by Crippen LogP contribution is -2.45. The Kier molecular flexibility index (Phi) is 4.93. The Hall–Kier alpha value is -2.23. The Bertz CT molecular complexity index is 709. The summed E-state index contributed by atoms with van der Waals surface area (Å²) >= 11 is 0. The number of amides is 1. The van der Waals surface area contributed by atoms with Gasteiger partial charge in [0.15, 0.2) is 11.6 Å². The predicted octanol–water partition coefficient (Wildman–Crippen LogP) is 4.48. The maximum Gasteiger partial charge on any atom is 0.230 e. The van der Waals surface area contributed by atoms with Gasteiger partial charge in [-0.1, -0.05) is 55.7 Å². The summed E-state index contributed by atoms with van der Waals surface area (Å²) in [4.78, 5) is 13.0. The molecule has 0 aliphatic heterocycles. The van der Waals surface area contributed by atoms with E-state index in [0.29, 0.717) is 5.56 Å². The molecule has 1 amide bonds. The molecule has 4 heteroatoms. The molecular weight excluding hydrogens is 308 g/mol. The van der Waals surface area contributed by atoms with Crippen LogP contribution in [0.5, 0.6) is 0 Å². The maximum atomic E-state index is 13.3. The molecule has 0 spiro atoms. The second kappa shape index (κ2) is 7.12. The molecule has 24 heavy (non-hydrogen) atoms. The quantitative estimate of drug-likeness (QED) is 0.880. The molecule has 126 valence electrons. The number of hydrogen-bond donors (Lipinski definition) is 1. The van der Waals surface area contributed by atoms with Gasteiger partial charge in [-0.05, 0) is 36.1 Å². The number of nitrogens with one attached hydrogen (secondary N) is 1. The van der Waals surface area contributed by atoms with Crippen LogP contribution in [0, 0.1) is 11.6 Å². The minimum Gasteiger partial charge on any atom is -0.351 e. The molecule has 0 bridgehead atoms. The second-order valence-electron chi connectivity index (χ2n) is 6.44. The van der Waals surface area contributed by atoms with Crippen molar-refractivity contribution in [2.45, 2.75) is 44.1 Å². The van der Waals surface area contributed by atoms with Gasteiger partial charge >= 0.3 is 0 Å². The van der Waals surface area contributed by atoms with Crippen LogP contribution in [0.15, 0.2) is 48.5 Å². The molecule has 2 aromatic carbocycles. The van der Waals surface area contributed by atoms with Crippen molar-refractivity contribution in [1.82, 2.24) is 5.32 Å². The van der Waals surface area contributed by atoms with Gasteiger partial charge in [-0.2, -0.15) is 0 Å². The van der Waals surface area contributed by atoms with Gasteiger partial charge < -0.3 is 5.32 Å². The van der Waals surface area contributed by atoms with E-state index < -0.39 is 17.0 Å². The molecule has 1 N–H and O–H groups in total. The van der Waals surface area contributed by atoms with E-state index in [1.807, 2.05) is 30.3 Å². The number of carbonyl (C=O) groups is 1. The molecule has 1 fully saturated rings. The zero-order valence-corrected chi connectivity index (χ0v) is 13.5. The van der Waals surface area contributed by atoms with Crippen molar-refractivity contribution in [3.63, 3.8) is 0 Å². The van der Waals surface area contributed by atoms with Crippen LogP contribution in [0.4, 0.5) is 8.78 Å². The van der Waals surface area contributed by atoms with Crippen LogP contribution < -0.4 is 5.32 Å². The molecular formula is C20H21F2NO. The Labute approximate surface area is 140 Å². The van der Waals surface area contributed by atoms with Gasteiger partial charge in [0.25, 0.3) is 0 Å². The summed E-state index contributed by atoms with van der Waals surface area (Å²) in [5, 5.41) is 2.93. The van der Waals surface area contributed by atoms with Crippen LogP contribution in [-0.2, 0) is 16.8 Å². The van der Waals surface area contributed by atoms with Crippen molar-refractivity contribution in [2.24, 2.45) is 0 Å². The third-order valence-corrected chi connectivity index (χ3v) is 4.91. The second-order valence-corrected chi connectivity index (χ2v) is 6.44. The lowest BCUT2D eigenvalue weighted by atomic mass is 9.68. The molecule has 0 unspecified atom stereocenters. The van der Waals surface area contributed by atoms with Gasteiger partial charge in [-0.25, -0.2) is 8.78 Å². The van der Waals surface area contributed by atoms with Gasteiger partial charge in [-0.3, -0.25) is 4.79 Å². The fraction of sp³-hybridized carbons (Fsp3) is 0.350. The smallest absolute Gasteiger partial charge is 0.230 e. The summed E-state index contributed by atoms with van der Waals surface area (Å²) in [6.07, 6.45) is 4.83. The fourth-order valence-electron chi connectivity index (χ4n) is 3.56. The van der Waals surface area contributed by atoms with E-state index >= 15 is 0 Å². The lowest BCUT2D eigenvalue weighted by molar-refractivity contribution is -0.128. The first-order valence-electron chi connectivity index (χ1n) is 8.40. The number of carbonyl (C=O) groups excluding carboxylic acids is 1. The summed E-state index contributed by atoms with van der Waals surface area (Å²) < 4.78 is 26.3. The van der Waals surface area contributed by atoms with Crippen LogP contribution in [-0.4, -0.2) is 5.91 Å². The highest BCUT2D eigenvalue weighted by Gasteiger charge is 2.40. The predicted molar refractivity (Wildman–Crippen MR) is 89.4 cm³/mol. The van der Waals surface area contributed by atoms with Gasteiger partial charge in [0.2, 0.25) is 5.91 Å². The standard InChI is InChI=1S/C20H21F2NO/c21-17-10-9-15(13-18(17)22)14-23-19(24)20(11-5-2-6-12-20)16-7-3-1-4-8-16/h1,3-4,7-10,13H,2,5-6,11-12,14H2,(H,23,24). The Balaban J connectivity index is 1.78. The normalized spacial score (nSPS) is 16.6. The molecule has 1 aliphatic carbocycles. The average Bonchev–Trinajstić information content (AvgIpc) is 2.63. The molecule has 1 saturated carbocycles. The van der Waals surface area contributed by atoms with E-state index in [4.69, 9.17) is 0 Å². The highest BCUT2D eigenvalue weighted by Crippen LogP contribution is 2.39. The van der Waals surface area contributed by atoms with Gasteiger partial charge in [0.1, 0.15) is 0 Å². The van der Waals surface area contributed by atoms with Crippen LogP contribution >= 0.6 is 0 Å². The third kappa shape index (κ3) is 3.32. The summed E-state index contributed by atoms with van der Waals surface area (Å²) in [7, 11) is 0. The number of halogens is 2. The van der Waals surface area contributed by atoms with Crippen molar-refractivity contribution < 1.29 is 13.6 Å². The summed E-state index contributed by atoms with van der Waals surface area (Å²) in [5.74, 6) is -1.80. The zero-order chi connectivity index (χ0) is 17.0. The molecule has 0 heterocycles. The summed E-state index contributed by atoms with van der Waals surface area (Å²) in [6, 6.07) is 13.6. The van der Waals surface area contributed by atoms with E-state index in [0.717, 1.165) is 49.8 Å². The number of rotatable bonds is 4. The molecule has 2 aromatic rings. The van der Waals surface area contributed by atoms with E-state index in [9.17, 15) is 13.6 Å². The van der Waals surface area contributed by atoms with E-state index in [1.54, 1.807) is 0 Å². The molecule has 0 aromatic heterocycles. The number of benzene rings is 2. The van der Waals surface area contributed by atoms with Crippen molar-refractivity contribution in [3.05, 3.63) is 71.3 Å². The minimum absolute atomic E-state index is 0.0295. The first-order chi connectivity index (χ1) is 11.6. The molecule has 3 rings (SSSR count). The van der Waals surface area contributed by atoms with Crippen LogP contribution in [0.2, 0.25) is 0 Å². The summed E-state index contributed by atoms with van der Waals surface area (Å²) in [6.45, 7) is 0.199. The van der Waals surface area contributed by atoms with Crippen molar-refractivity contribution in [1.29, 1.82) is 0 Å². The van der Waals surface area contributed by atoms with E-state index in [2.05, 4.69) is 5.32 Å². The summed E-state index contributed by atoms with van der Waals surface area (Å²) in [5.41, 5.74) is 1.08. The van der Waals surface area contributed by atoms with Crippen molar-refractivity contribution >= 4 is 5.91 Å². The first kappa shape index (κ1) is 16.6. The highest BCUT2D eigenvalue weighted by molar-refractivity contribution is 5.88. The molecule has 1 aliphatic rings. The lowest BCUT2D eigenvalue weighted by Gasteiger charge is -2.36. The zero-order valence-electron chi connectivity index (χ0n) is 13.5. The maximum absolute atomic E-state index is 13.3. The largest absolute Gasteiger partial charge is 0.351 e. The van der Waals surface area contributed by atoms with Crippen molar-refractivity contribution in [3.8, 4) is 0 Å². The Morgan fingerprint density at radius 1 is 0.958 bits per heavy atom. The monoisotopic (exact) mass is 329 g/mol. The topological polar surface area (TPSA) is 29.1 Å². The van der Waals surface area contributed by atoms with Crippen LogP contribution in [0.1, 0.15) is 43.2 Å². The fourth-order valence-corrected chi connectivity index (χ4v) is 3.56. The Morgan fingerprint density at radius 2 is 1.67 bits per heavy atom. The molecule has 0 saturated heterocycles. The first-order valence-corrected chi connectivity index (χ1v) is 8.40. The minimum atomic E-state index is -0.891. The molecule has 2 nitrogen and oxygen atoms in total. The SMILES string of the molecule is O=C(NCc1ccc(F)c(F)c1)C1(c2ccccc2)CCCCC1. The Morgan fingerprint density at radius 3 is 2.33 bits per heavy atom.